The molecule has 2 heterocycles. The number of halogens is 2. The number of anilines is 1. The smallest absolute Gasteiger partial charge is 0.319 e. The molecule has 11 heteroatoms. The van der Waals surface area contributed by atoms with Gasteiger partial charge in [0.25, 0.3) is 15.9 Å². The second kappa shape index (κ2) is 8.07. The number of sulfonamides is 1. The summed E-state index contributed by atoms with van der Waals surface area (Å²) in [5.74, 6) is -0.731. The molecule has 0 spiro atoms. The highest BCUT2D eigenvalue weighted by atomic mass is 32.2. The second-order valence-corrected chi connectivity index (χ2v) is 8.36. The van der Waals surface area contributed by atoms with Crippen LogP contribution in [0.5, 0.6) is 0 Å². The van der Waals surface area contributed by atoms with E-state index in [1.807, 2.05) is 6.92 Å². The lowest BCUT2D eigenvalue weighted by Crippen LogP contribution is -2.26. The number of rotatable bonds is 7. The number of imidazole rings is 1. The minimum Gasteiger partial charge on any atom is -0.344 e. The number of thiophene rings is 1. The first-order valence-electron chi connectivity index (χ1n) is 8.03. The Kier molecular flexibility index (Phi) is 5.75. The van der Waals surface area contributed by atoms with Crippen LogP contribution in [0.25, 0.3) is 0 Å². The molecular formula is C17H16F2N4O3S2. The molecule has 3 aromatic rings. The Hall–Kier alpha value is -2.79. The van der Waals surface area contributed by atoms with Crippen molar-refractivity contribution in [3.8, 4) is 0 Å². The third-order valence-corrected chi connectivity index (χ3v) is 6.26. The number of nitrogens with zero attached hydrogens (tertiary/aromatic N) is 2. The number of benzene rings is 1. The van der Waals surface area contributed by atoms with Gasteiger partial charge in [-0.05, 0) is 30.5 Å². The Morgan fingerprint density at radius 1 is 1.25 bits per heavy atom. The number of alkyl halides is 2. The van der Waals surface area contributed by atoms with Crippen LogP contribution in [0.3, 0.4) is 0 Å². The van der Waals surface area contributed by atoms with Gasteiger partial charge in [-0.1, -0.05) is 17.7 Å². The van der Waals surface area contributed by atoms with Gasteiger partial charge in [0.1, 0.15) is 15.6 Å². The average molecular weight is 426 g/mol. The van der Waals surface area contributed by atoms with Crippen LogP contribution in [0.4, 0.5) is 14.5 Å². The summed E-state index contributed by atoms with van der Waals surface area (Å²) in [5, 5.41) is 3.90. The van der Waals surface area contributed by atoms with E-state index in [1.54, 1.807) is 24.3 Å². The molecule has 0 aliphatic rings. The summed E-state index contributed by atoms with van der Waals surface area (Å²) >= 11 is 0.939. The van der Waals surface area contributed by atoms with Gasteiger partial charge < -0.3 is 5.32 Å². The van der Waals surface area contributed by atoms with Gasteiger partial charge in [-0.2, -0.15) is 8.78 Å². The van der Waals surface area contributed by atoms with Crippen molar-refractivity contribution in [3.05, 3.63) is 64.4 Å². The van der Waals surface area contributed by atoms with E-state index in [4.69, 9.17) is 0 Å². The molecule has 0 saturated heterocycles. The monoisotopic (exact) mass is 426 g/mol. The van der Waals surface area contributed by atoms with Crippen molar-refractivity contribution >= 4 is 33.0 Å². The molecule has 148 valence electrons. The lowest BCUT2D eigenvalue weighted by Gasteiger charge is -2.10. The van der Waals surface area contributed by atoms with Crippen LogP contribution in [0.15, 0.2) is 53.0 Å². The van der Waals surface area contributed by atoms with Gasteiger partial charge in [0.15, 0.2) is 0 Å². The van der Waals surface area contributed by atoms with Crippen molar-refractivity contribution in [3.63, 3.8) is 0 Å². The van der Waals surface area contributed by atoms with Gasteiger partial charge in [0.2, 0.25) is 0 Å². The van der Waals surface area contributed by atoms with Gasteiger partial charge in [-0.3, -0.25) is 14.1 Å². The Balaban J connectivity index is 1.75. The minimum absolute atomic E-state index is 0.0397. The predicted octanol–water partition coefficient (Wildman–Crippen LogP) is 3.38. The fourth-order valence-electron chi connectivity index (χ4n) is 2.40. The highest BCUT2D eigenvalue weighted by molar-refractivity contribution is 7.93. The van der Waals surface area contributed by atoms with E-state index < -0.39 is 22.5 Å². The standard InChI is InChI=1S/C17H16F2N4O3S2/c1-11-2-4-12(5-3-11)22-28(25,26)13-6-9-27-15(13)16(24)21-10-14-20-7-8-23(14)17(18)19/h2-9,17,22H,10H2,1H3,(H,21,24). The summed E-state index contributed by atoms with van der Waals surface area (Å²) in [6.45, 7) is -1.18. The number of amides is 1. The van der Waals surface area contributed by atoms with E-state index in [-0.39, 0.29) is 22.1 Å². The van der Waals surface area contributed by atoms with Crippen molar-refractivity contribution in [1.29, 1.82) is 0 Å². The molecule has 3 rings (SSSR count). The van der Waals surface area contributed by atoms with Gasteiger partial charge in [-0.25, -0.2) is 13.4 Å². The molecule has 28 heavy (non-hydrogen) atoms. The molecule has 0 saturated carbocycles. The molecule has 0 atom stereocenters. The molecule has 2 aromatic heterocycles. The molecular weight excluding hydrogens is 410 g/mol. The molecule has 0 aliphatic heterocycles. The lowest BCUT2D eigenvalue weighted by atomic mass is 10.2. The zero-order valence-corrected chi connectivity index (χ0v) is 16.2. The zero-order valence-electron chi connectivity index (χ0n) is 14.6. The third-order valence-electron chi connectivity index (χ3n) is 3.79. The summed E-state index contributed by atoms with van der Waals surface area (Å²) in [6.07, 6.45) is 2.29. The molecule has 1 amide bonds. The normalized spacial score (nSPS) is 11.6. The van der Waals surface area contributed by atoms with Crippen molar-refractivity contribution in [1.82, 2.24) is 14.9 Å². The maximum atomic E-state index is 12.8. The second-order valence-electron chi connectivity index (χ2n) is 5.80. The van der Waals surface area contributed by atoms with Gasteiger partial charge in [-0.15, -0.1) is 11.3 Å². The highest BCUT2D eigenvalue weighted by Crippen LogP contribution is 2.25. The molecule has 0 radical (unpaired) electrons. The fraction of sp³-hybridized carbons (Fsp3) is 0.176. The molecule has 2 N–H and O–H groups in total. The molecule has 1 aromatic carbocycles. The summed E-state index contributed by atoms with van der Waals surface area (Å²) in [4.78, 5) is 16.0. The number of nitrogens with one attached hydrogen (secondary N) is 2. The van der Waals surface area contributed by atoms with E-state index in [0.717, 1.165) is 23.1 Å². The van der Waals surface area contributed by atoms with Crippen molar-refractivity contribution in [2.24, 2.45) is 0 Å². The maximum Gasteiger partial charge on any atom is 0.319 e. The first-order valence-corrected chi connectivity index (χ1v) is 10.4. The van der Waals surface area contributed by atoms with E-state index in [0.29, 0.717) is 10.3 Å². The molecule has 0 aliphatic carbocycles. The number of carbonyl (C=O) groups is 1. The van der Waals surface area contributed by atoms with E-state index in [1.165, 1.54) is 17.6 Å². The summed E-state index contributed by atoms with van der Waals surface area (Å²) < 4.78 is 54.0. The SMILES string of the molecule is Cc1ccc(NS(=O)(=O)c2ccsc2C(=O)NCc2nccn2C(F)F)cc1. The van der Waals surface area contributed by atoms with Crippen LogP contribution in [0.1, 0.15) is 27.6 Å². The van der Waals surface area contributed by atoms with E-state index in [2.05, 4.69) is 15.0 Å². The maximum absolute atomic E-state index is 12.8. The topological polar surface area (TPSA) is 93.1 Å². The summed E-state index contributed by atoms with van der Waals surface area (Å²) in [7, 11) is -3.99. The highest BCUT2D eigenvalue weighted by Gasteiger charge is 2.24. The molecule has 0 bridgehead atoms. The first kappa shape index (κ1) is 20.0. The predicted molar refractivity (Wildman–Crippen MR) is 101 cm³/mol. The van der Waals surface area contributed by atoms with Crippen molar-refractivity contribution in [2.75, 3.05) is 4.72 Å². The van der Waals surface area contributed by atoms with Crippen LogP contribution in [0.2, 0.25) is 0 Å². The van der Waals surface area contributed by atoms with Crippen molar-refractivity contribution < 1.29 is 22.0 Å². The Labute approximate surface area is 164 Å². The minimum atomic E-state index is -3.99. The fourth-order valence-corrected chi connectivity index (χ4v) is 4.81. The van der Waals surface area contributed by atoms with Crippen molar-refractivity contribution in [2.45, 2.75) is 24.9 Å². The van der Waals surface area contributed by atoms with Crippen LogP contribution >= 0.6 is 11.3 Å². The quantitative estimate of drug-likeness (QED) is 0.606. The number of hydrogen-bond acceptors (Lipinski definition) is 5. The van der Waals surface area contributed by atoms with E-state index in [9.17, 15) is 22.0 Å². The van der Waals surface area contributed by atoms with Gasteiger partial charge in [0, 0.05) is 18.1 Å². The first-order chi connectivity index (χ1) is 13.3. The number of aromatic nitrogens is 2. The number of aryl methyl sites for hydroxylation is 1. The number of hydrogen-bond donors (Lipinski definition) is 2. The van der Waals surface area contributed by atoms with Gasteiger partial charge in [0.05, 0.1) is 6.54 Å². The van der Waals surface area contributed by atoms with Gasteiger partial charge >= 0.3 is 6.55 Å². The summed E-state index contributed by atoms with van der Waals surface area (Å²) in [5.41, 5.74) is 1.34. The Bertz CT molecular complexity index is 1080. The van der Waals surface area contributed by atoms with Crippen LogP contribution in [-0.2, 0) is 16.6 Å². The van der Waals surface area contributed by atoms with E-state index >= 15 is 0 Å². The molecule has 0 fully saturated rings. The Morgan fingerprint density at radius 2 is 1.96 bits per heavy atom. The molecule has 7 nitrogen and oxygen atoms in total. The van der Waals surface area contributed by atoms with Crippen LogP contribution < -0.4 is 10.0 Å². The lowest BCUT2D eigenvalue weighted by molar-refractivity contribution is 0.0660. The zero-order chi connectivity index (χ0) is 20.3. The summed E-state index contributed by atoms with van der Waals surface area (Å²) in [6, 6.07) is 8.05. The third kappa shape index (κ3) is 4.37. The number of carbonyl (C=O) groups excluding carboxylic acids is 1. The average Bonchev–Trinajstić information content (AvgIpc) is 3.31. The van der Waals surface area contributed by atoms with Crippen LogP contribution in [-0.4, -0.2) is 23.9 Å². The largest absolute Gasteiger partial charge is 0.344 e. The molecule has 0 unspecified atom stereocenters. The van der Waals surface area contributed by atoms with Crippen LogP contribution in [0, 0.1) is 6.92 Å². The Morgan fingerprint density at radius 3 is 2.64 bits per heavy atom.